The summed E-state index contributed by atoms with van der Waals surface area (Å²) < 4.78 is 29.7. The van der Waals surface area contributed by atoms with Crippen LogP contribution in [0.1, 0.15) is 27.2 Å². The van der Waals surface area contributed by atoms with Crippen molar-refractivity contribution in [2.24, 2.45) is 0 Å². The molecule has 7 heteroatoms. The third-order valence-electron chi connectivity index (χ3n) is 4.87. The lowest BCUT2D eigenvalue weighted by Gasteiger charge is -2.46. The van der Waals surface area contributed by atoms with Crippen molar-refractivity contribution in [3.63, 3.8) is 0 Å². The first-order valence-corrected chi connectivity index (χ1v) is 7.61. The molecule has 0 unspecified atom stereocenters. The summed E-state index contributed by atoms with van der Waals surface area (Å²) in [5.41, 5.74) is -0.439. The van der Waals surface area contributed by atoms with Crippen LogP contribution in [0.15, 0.2) is 0 Å². The maximum atomic E-state index is 6.21. The number of fused-ring (bicyclic) bond motifs is 6. The predicted molar refractivity (Wildman–Crippen MR) is 70.0 cm³/mol. The normalized spacial score (nSPS) is 51.7. The zero-order valence-electron chi connectivity index (χ0n) is 12.9. The molecule has 0 N–H and O–H groups in total. The summed E-state index contributed by atoms with van der Waals surface area (Å²) >= 11 is 0. The first-order chi connectivity index (χ1) is 9.96. The molecule has 4 heterocycles. The first kappa shape index (κ1) is 14.3. The topological polar surface area (TPSA) is 58.6 Å². The molecule has 7 nitrogen and oxygen atoms in total. The molecule has 4 fully saturated rings. The summed E-state index contributed by atoms with van der Waals surface area (Å²) in [7, 11) is 1.91. The minimum atomic E-state index is -0.649. The zero-order valence-corrected chi connectivity index (χ0v) is 12.9. The van der Waals surface area contributed by atoms with E-state index in [4.69, 9.17) is 28.5 Å². The number of hydroxylamine groups is 2. The maximum absolute atomic E-state index is 6.21. The molecule has 4 saturated heterocycles. The molecule has 4 aliphatic rings. The third kappa shape index (κ3) is 1.92. The second-order valence-corrected chi connectivity index (χ2v) is 6.53. The highest BCUT2D eigenvalue weighted by Gasteiger charge is 2.70. The molecule has 0 radical (unpaired) electrons. The van der Waals surface area contributed by atoms with Crippen molar-refractivity contribution in [2.75, 3.05) is 20.3 Å². The fourth-order valence-corrected chi connectivity index (χ4v) is 4.03. The van der Waals surface area contributed by atoms with Crippen LogP contribution in [0.3, 0.4) is 0 Å². The Hall–Kier alpha value is -0.280. The minimum absolute atomic E-state index is 0.100. The Labute approximate surface area is 124 Å². The lowest BCUT2D eigenvalue weighted by Crippen LogP contribution is -2.66. The number of hydrogen-bond acceptors (Lipinski definition) is 7. The Balaban J connectivity index is 1.69. The number of likely N-dealkylation sites (N-methyl/N-ethyl adjacent to an activating group) is 1. The Bertz CT molecular complexity index is 432. The summed E-state index contributed by atoms with van der Waals surface area (Å²) in [6.07, 6.45) is -0.463. The number of nitrogens with zero attached hydrogens (tertiary/aromatic N) is 1. The molecular formula is C14H23NO6. The van der Waals surface area contributed by atoms with Crippen molar-refractivity contribution in [1.29, 1.82) is 0 Å². The van der Waals surface area contributed by atoms with E-state index in [1.165, 1.54) is 0 Å². The van der Waals surface area contributed by atoms with Gasteiger partial charge in [-0.05, 0) is 20.8 Å². The smallest absolute Gasteiger partial charge is 0.187 e. The Morgan fingerprint density at radius 1 is 1.29 bits per heavy atom. The predicted octanol–water partition coefficient (Wildman–Crippen LogP) is 0.630. The molecular weight excluding hydrogens is 278 g/mol. The maximum Gasteiger partial charge on any atom is 0.187 e. The van der Waals surface area contributed by atoms with Crippen molar-refractivity contribution in [3.8, 4) is 0 Å². The van der Waals surface area contributed by atoms with Crippen molar-refractivity contribution in [2.45, 2.75) is 69.4 Å². The highest BCUT2D eigenvalue weighted by molar-refractivity contribution is 5.14. The minimum Gasteiger partial charge on any atom is -0.351 e. The molecule has 0 aromatic carbocycles. The molecule has 0 saturated carbocycles. The summed E-state index contributed by atoms with van der Waals surface area (Å²) in [6, 6.07) is 0. The summed E-state index contributed by atoms with van der Waals surface area (Å²) in [5, 5.41) is 1.84. The second-order valence-electron chi connectivity index (χ2n) is 6.53. The van der Waals surface area contributed by atoms with Gasteiger partial charge in [-0.15, -0.1) is 0 Å². The monoisotopic (exact) mass is 301 g/mol. The van der Waals surface area contributed by atoms with Gasteiger partial charge in [-0.3, -0.25) is 4.84 Å². The standard InChI is InChI=1S/C14H23NO6/c1-5-16-9-6-14(15(4)21-9)8-7-17-12(18-8)10-11(14)20-13(2,3)19-10/h8-12H,5-7H2,1-4H3/t8-,9-,10+,11-,12-,14+/m1/s1. The van der Waals surface area contributed by atoms with Crippen LogP contribution in [-0.2, 0) is 28.5 Å². The summed E-state index contributed by atoms with van der Waals surface area (Å²) in [5.74, 6) is -0.649. The summed E-state index contributed by atoms with van der Waals surface area (Å²) in [4.78, 5) is 5.86. The number of hydrogen-bond donors (Lipinski definition) is 0. The largest absolute Gasteiger partial charge is 0.351 e. The van der Waals surface area contributed by atoms with E-state index in [0.717, 1.165) is 0 Å². The SMILES string of the molecule is CCO[C@H]1C[C@]2([C@@H]3OC(C)(C)O[C@@H]3[C@@H]3OC[C@H]2O3)N(C)O1. The first-order valence-electron chi connectivity index (χ1n) is 7.61. The van der Waals surface area contributed by atoms with Gasteiger partial charge in [0, 0.05) is 20.1 Å². The van der Waals surface area contributed by atoms with E-state index >= 15 is 0 Å². The molecule has 0 aromatic heterocycles. The molecule has 4 rings (SSSR count). The van der Waals surface area contributed by atoms with Crippen molar-refractivity contribution < 1.29 is 28.5 Å². The van der Waals surface area contributed by atoms with Crippen LogP contribution in [0.2, 0.25) is 0 Å². The van der Waals surface area contributed by atoms with Crippen LogP contribution >= 0.6 is 0 Å². The van der Waals surface area contributed by atoms with E-state index in [1.54, 1.807) is 0 Å². The Morgan fingerprint density at radius 2 is 2.10 bits per heavy atom. The molecule has 0 amide bonds. The third-order valence-corrected chi connectivity index (χ3v) is 4.87. The lowest BCUT2D eigenvalue weighted by molar-refractivity contribution is -0.278. The van der Waals surface area contributed by atoms with Gasteiger partial charge in [-0.1, -0.05) is 0 Å². The van der Waals surface area contributed by atoms with Gasteiger partial charge < -0.3 is 23.7 Å². The van der Waals surface area contributed by atoms with Gasteiger partial charge in [-0.25, -0.2) is 0 Å². The van der Waals surface area contributed by atoms with Crippen LogP contribution in [0.25, 0.3) is 0 Å². The average molecular weight is 301 g/mol. The van der Waals surface area contributed by atoms with Gasteiger partial charge in [-0.2, -0.15) is 5.06 Å². The molecule has 120 valence electrons. The molecule has 21 heavy (non-hydrogen) atoms. The van der Waals surface area contributed by atoms with Gasteiger partial charge in [0.1, 0.15) is 23.9 Å². The van der Waals surface area contributed by atoms with E-state index in [2.05, 4.69) is 0 Å². The lowest BCUT2D eigenvalue weighted by atomic mass is 9.79. The summed E-state index contributed by atoms with van der Waals surface area (Å²) in [6.45, 7) is 6.93. The van der Waals surface area contributed by atoms with Crippen molar-refractivity contribution >= 4 is 0 Å². The van der Waals surface area contributed by atoms with Crippen LogP contribution in [0, 0.1) is 0 Å². The molecule has 6 atom stereocenters. The van der Waals surface area contributed by atoms with Crippen LogP contribution in [0.4, 0.5) is 0 Å². The van der Waals surface area contributed by atoms with Gasteiger partial charge >= 0.3 is 0 Å². The van der Waals surface area contributed by atoms with Crippen LogP contribution in [-0.4, -0.2) is 67.5 Å². The van der Waals surface area contributed by atoms with E-state index in [1.807, 2.05) is 32.9 Å². The number of rotatable bonds is 2. The van der Waals surface area contributed by atoms with Crippen molar-refractivity contribution in [3.05, 3.63) is 0 Å². The molecule has 0 aromatic rings. The van der Waals surface area contributed by atoms with Gasteiger partial charge in [0.2, 0.25) is 0 Å². The second kappa shape index (κ2) is 4.61. The Morgan fingerprint density at radius 3 is 2.86 bits per heavy atom. The van der Waals surface area contributed by atoms with E-state index in [9.17, 15) is 0 Å². The van der Waals surface area contributed by atoms with E-state index in [-0.39, 0.29) is 30.9 Å². The van der Waals surface area contributed by atoms with Crippen LogP contribution < -0.4 is 0 Å². The zero-order chi connectivity index (χ0) is 14.8. The molecule has 2 bridgehead atoms. The molecule has 1 spiro atoms. The van der Waals surface area contributed by atoms with Crippen molar-refractivity contribution in [1.82, 2.24) is 5.06 Å². The number of ether oxygens (including phenoxy) is 5. The highest BCUT2D eigenvalue weighted by Crippen LogP contribution is 2.52. The van der Waals surface area contributed by atoms with Crippen LogP contribution in [0.5, 0.6) is 0 Å². The average Bonchev–Trinajstić information content (AvgIpc) is 3.04. The molecule has 0 aliphatic carbocycles. The van der Waals surface area contributed by atoms with E-state index < -0.39 is 11.3 Å². The molecule has 4 aliphatic heterocycles. The van der Waals surface area contributed by atoms with Gasteiger partial charge in [0.25, 0.3) is 0 Å². The fourth-order valence-electron chi connectivity index (χ4n) is 4.03. The van der Waals surface area contributed by atoms with Gasteiger partial charge in [0.05, 0.1) is 6.61 Å². The Kier molecular flexibility index (Phi) is 3.14. The quantitative estimate of drug-likeness (QED) is 0.741. The van der Waals surface area contributed by atoms with Gasteiger partial charge in [0.15, 0.2) is 18.4 Å². The fraction of sp³-hybridized carbons (Fsp3) is 1.00. The highest BCUT2D eigenvalue weighted by atomic mass is 16.8. The van der Waals surface area contributed by atoms with E-state index in [0.29, 0.717) is 19.6 Å².